The maximum absolute atomic E-state index is 12.8. The smallest absolute Gasteiger partial charge is 0.319 e. The zero-order chi connectivity index (χ0) is 22.8. The van der Waals surface area contributed by atoms with Gasteiger partial charge in [-0.25, -0.2) is 9.59 Å². The van der Waals surface area contributed by atoms with Gasteiger partial charge in [0.15, 0.2) is 0 Å². The minimum atomic E-state index is -0.230. The summed E-state index contributed by atoms with van der Waals surface area (Å²) in [7, 11) is 0. The summed E-state index contributed by atoms with van der Waals surface area (Å²) in [5.74, 6) is 0.521. The van der Waals surface area contributed by atoms with E-state index in [9.17, 15) is 9.59 Å². The standard InChI is InChI=1S/C26H38N4O2/c1-3-5-11-19(4-2)18-27-25(31)29-23-15-8-9-16-24(23)30-26(32)28-22-17-10-13-20-12-6-7-14-21(20)22/h6-7,10,12-14,17,19,23-24H,3-5,8-9,11,15-16,18H2,1-2H3,(H2,27,29,31)(H2,28,30,32)/t19?,23-,24-/m1/s1. The van der Waals surface area contributed by atoms with E-state index >= 15 is 0 Å². The van der Waals surface area contributed by atoms with E-state index in [1.165, 1.54) is 12.8 Å². The van der Waals surface area contributed by atoms with Crippen LogP contribution in [-0.4, -0.2) is 30.7 Å². The van der Waals surface area contributed by atoms with Gasteiger partial charge in [-0.05, 0) is 36.6 Å². The van der Waals surface area contributed by atoms with Crippen molar-refractivity contribution in [3.8, 4) is 0 Å². The summed E-state index contributed by atoms with van der Waals surface area (Å²) in [5, 5.41) is 14.3. The minimum absolute atomic E-state index is 0.0577. The Kier molecular flexibility index (Phi) is 9.20. The average Bonchev–Trinajstić information content (AvgIpc) is 2.81. The topological polar surface area (TPSA) is 82.3 Å². The molecule has 32 heavy (non-hydrogen) atoms. The molecule has 0 saturated heterocycles. The summed E-state index contributed by atoms with van der Waals surface area (Å²) in [6.07, 6.45) is 8.44. The van der Waals surface area contributed by atoms with Crippen LogP contribution >= 0.6 is 0 Å². The number of rotatable bonds is 9. The number of anilines is 1. The van der Waals surface area contributed by atoms with Gasteiger partial charge in [0.1, 0.15) is 0 Å². The molecule has 0 heterocycles. The van der Waals surface area contributed by atoms with Gasteiger partial charge < -0.3 is 21.3 Å². The second-order valence-corrected chi connectivity index (χ2v) is 8.89. The van der Waals surface area contributed by atoms with Crippen molar-refractivity contribution in [3.05, 3.63) is 42.5 Å². The lowest BCUT2D eigenvalue weighted by Crippen LogP contribution is -2.56. The quantitative estimate of drug-likeness (QED) is 0.400. The molecule has 0 bridgehead atoms. The summed E-state index contributed by atoms with van der Waals surface area (Å²) < 4.78 is 0. The molecule has 1 aliphatic rings. The molecule has 0 aromatic heterocycles. The molecular formula is C26H38N4O2. The Hall–Kier alpha value is -2.76. The maximum atomic E-state index is 12.8. The van der Waals surface area contributed by atoms with Gasteiger partial charge in [0.25, 0.3) is 0 Å². The Labute approximate surface area is 191 Å². The zero-order valence-electron chi connectivity index (χ0n) is 19.5. The Morgan fingerprint density at radius 1 is 0.938 bits per heavy atom. The molecule has 0 aliphatic heterocycles. The van der Waals surface area contributed by atoms with Crippen molar-refractivity contribution in [2.45, 2.75) is 77.3 Å². The lowest BCUT2D eigenvalue weighted by atomic mass is 9.90. The van der Waals surface area contributed by atoms with Gasteiger partial charge in [-0.3, -0.25) is 0 Å². The molecule has 6 nitrogen and oxygen atoms in total. The fourth-order valence-corrected chi connectivity index (χ4v) is 4.54. The second kappa shape index (κ2) is 12.3. The van der Waals surface area contributed by atoms with Crippen LogP contribution in [0.1, 0.15) is 65.2 Å². The van der Waals surface area contributed by atoms with Gasteiger partial charge in [-0.2, -0.15) is 0 Å². The Morgan fingerprint density at radius 3 is 2.34 bits per heavy atom. The SMILES string of the molecule is CCCCC(CC)CNC(=O)N[C@@H]1CCCC[C@H]1NC(=O)Nc1cccc2ccccc12. The van der Waals surface area contributed by atoms with E-state index in [0.29, 0.717) is 12.5 Å². The minimum Gasteiger partial charge on any atom is -0.338 e. The predicted octanol–water partition coefficient (Wildman–Crippen LogP) is 5.79. The average molecular weight is 439 g/mol. The first-order valence-electron chi connectivity index (χ1n) is 12.2. The van der Waals surface area contributed by atoms with Crippen LogP contribution < -0.4 is 21.3 Å². The Bertz CT molecular complexity index is 880. The zero-order valence-corrected chi connectivity index (χ0v) is 19.5. The first-order valence-corrected chi connectivity index (χ1v) is 12.2. The third kappa shape index (κ3) is 6.87. The third-order valence-corrected chi connectivity index (χ3v) is 6.53. The fraction of sp³-hybridized carbons (Fsp3) is 0.538. The molecule has 1 unspecified atom stereocenters. The van der Waals surface area contributed by atoms with Gasteiger partial charge >= 0.3 is 12.1 Å². The van der Waals surface area contributed by atoms with Crippen LogP contribution in [0.5, 0.6) is 0 Å². The molecule has 0 spiro atoms. The number of carbonyl (C=O) groups is 2. The highest BCUT2D eigenvalue weighted by molar-refractivity contribution is 6.01. The normalized spacial score (nSPS) is 19.2. The van der Waals surface area contributed by atoms with E-state index in [2.05, 4.69) is 35.1 Å². The van der Waals surface area contributed by atoms with Crippen LogP contribution in [0.3, 0.4) is 0 Å². The number of hydrogen-bond donors (Lipinski definition) is 4. The number of benzene rings is 2. The highest BCUT2D eigenvalue weighted by Crippen LogP contribution is 2.23. The molecule has 4 N–H and O–H groups in total. The van der Waals surface area contributed by atoms with Gasteiger partial charge in [0.05, 0.1) is 17.8 Å². The molecular weight excluding hydrogens is 400 g/mol. The number of fused-ring (bicyclic) bond motifs is 1. The number of amides is 4. The van der Waals surface area contributed by atoms with Gasteiger partial charge in [-0.15, -0.1) is 0 Å². The lowest BCUT2D eigenvalue weighted by Gasteiger charge is -2.33. The maximum Gasteiger partial charge on any atom is 0.319 e. The Morgan fingerprint density at radius 2 is 1.62 bits per heavy atom. The van der Waals surface area contributed by atoms with Crippen molar-refractivity contribution in [1.29, 1.82) is 0 Å². The Balaban J connectivity index is 1.53. The molecule has 3 rings (SSSR count). The molecule has 174 valence electrons. The van der Waals surface area contributed by atoms with Gasteiger partial charge in [0, 0.05) is 11.9 Å². The molecule has 2 aromatic rings. The van der Waals surface area contributed by atoms with Crippen molar-refractivity contribution in [2.75, 3.05) is 11.9 Å². The predicted molar refractivity (Wildman–Crippen MR) is 132 cm³/mol. The number of hydrogen-bond acceptors (Lipinski definition) is 2. The third-order valence-electron chi connectivity index (χ3n) is 6.53. The summed E-state index contributed by atoms with van der Waals surface area (Å²) >= 11 is 0. The van der Waals surface area contributed by atoms with Crippen molar-refractivity contribution in [3.63, 3.8) is 0 Å². The van der Waals surface area contributed by atoms with E-state index < -0.39 is 0 Å². The van der Waals surface area contributed by atoms with Crippen LogP contribution in [0.15, 0.2) is 42.5 Å². The molecule has 6 heteroatoms. The highest BCUT2D eigenvalue weighted by Gasteiger charge is 2.28. The second-order valence-electron chi connectivity index (χ2n) is 8.89. The molecule has 1 saturated carbocycles. The van der Waals surface area contributed by atoms with Crippen molar-refractivity contribution in [2.24, 2.45) is 5.92 Å². The van der Waals surface area contributed by atoms with Crippen LogP contribution in [0.4, 0.5) is 15.3 Å². The number of nitrogens with one attached hydrogen (secondary N) is 4. The van der Waals surface area contributed by atoms with E-state index in [-0.39, 0.29) is 24.1 Å². The summed E-state index contributed by atoms with van der Waals surface area (Å²) in [6.45, 7) is 5.07. The number of unbranched alkanes of at least 4 members (excludes halogenated alkanes) is 1. The lowest BCUT2D eigenvalue weighted by molar-refractivity contribution is 0.216. The molecule has 1 aliphatic carbocycles. The molecule has 4 amide bonds. The van der Waals surface area contributed by atoms with Crippen LogP contribution in [0, 0.1) is 5.92 Å². The summed E-state index contributed by atoms with van der Waals surface area (Å²) in [5.41, 5.74) is 0.788. The monoisotopic (exact) mass is 438 g/mol. The highest BCUT2D eigenvalue weighted by atomic mass is 16.2. The summed E-state index contributed by atoms with van der Waals surface area (Å²) in [4.78, 5) is 25.3. The molecule has 3 atom stereocenters. The van der Waals surface area contributed by atoms with E-state index in [0.717, 1.165) is 55.0 Å². The van der Waals surface area contributed by atoms with Crippen LogP contribution in [-0.2, 0) is 0 Å². The van der Waals surface area contributed by atoms with Crippen molar-refractivity contribution >= 4 is 28.5 Å². The van der Waals surface area contributed by atoms with Crippen molar-refractivity contribution in [1.82, 2.24) is 16.0 Å². The summed E-state index contributed by atoms with van der Waals surface area (Å²) in [6, 6.07) is 13.4. The first-order chi connectivity index (χ1) is 15.6. The van der Waals surface area contributed by atoms with E-state index in [1.54, 1.807) is 0 Å². The van der Waals surface area contributed by atoms with Crippen molar-refractivity contribution < 1.29 is 9.59 Å². The molecule has 2 aromatic carbocycles. The number of carbonyl (C=O) groups excluding carboxylic acids is 2. The van der Waals surface area contributed by atoms with Gasteiger partial charge in [-0.1, -0.05) is 82.3 Å². The largest absolute Gasteiger partial charge is 0.338 e. The molecule has 0 radical (unpaired) electrons. The van der Waals surface area contributed by atoms with Gasteiger partial charge in [0.2, 0.25) is 0 Å². The first kappa shape index (κ1) is 23.9. The van der Waals surface area contributed by atoms with Crippen LogP contribution in [0.25, 0.3) is 10.8 Å². The fourth-order valence-electron chi connectivity index (χ4n) is 4.54. The number of urea groups is 2. The van der Waals surface area contributed by atoms with E-state index in [4.69, 9.17) is 0 Å². The van der Waals surface area contributed by atoms with Crippen LogP contribution in [0.2, 0.25) is 0 Å². The van der Waals surface area contributed by atoms with E-state index in [1.807, 2.05) is 42.5 Å². The molecule has 1 fully saturated rings.